The highest BCUT2D eigenvalue weighted by Gasteiger charge is 2.44. The first-order chi connectivity index (χ1) is 9.90. The highest BCUT2D eigenvalue weighted by molar-refractivity contribution is 7.82. The second-order valence-electron chi connectivity index (χ2n) is 4.98. The minimum atomic E-state index is -0.996. The van der Waals surface area contributed by atoms with E-state index >= 15 is 0 Å². The number of fused-ring (bicyclic) bond motifs is 3. The van der Waals surface area contributed by atoms with E-state index in [4.69, 9.17) is 40.0 Å². The summed E-state index contributed by atoms with van der Waals surface area (Å²) in [5.41, 5.74) is 6.52. The Labute approximate surface area is 132 Å². The molecule has 21 heavy (non-hydrogen) atoms. The highest BCUT2D eigenvalue weighted by Crippen LogP contribution is 2.40. The van der Waals surface area contributed by atoms with Crippen LogP contribution in [0, 0.1) is 0 Å². The molecule has 0 aromatic heterocycles. The largest absolute Gasteiger partial charge is 0.486 e. The van der Waals surface area contributed by atoms with Gasteiger partial charge in [-0.15, -0.1) is 0 Å². The fourth-order valence-corrected chi connectivity index (χ4v) is 3.29. The van der Waals surface area contributed by atoms with Crippen LogP contribution in [0.5, 0.6) is 5.75 Å². The predicted octanol–water partition coefficient (Wildman–Crippen LogP) is 1.18. The molecule has 2 unspecified atom stereocenters. The average molecular weight is 323 g/mol. The Balaban J connectivity index is 2.09. The first kappa shape index (κ1) is 14.0. The van der Waals surface area contributed by atoms with E-state index in [-0.39, 0.29) is 22.8 Å². The van der Waals surface area contributed by atoms with Crippen molar-refractivity contribution in [3.63, 3.8) is 0 Å². The maximum atomic E-state index is 11.2. The molecule has 1 aromatic carbocycles. The molecule has 2 aliphatic rings. The number of anilines is 1. The zero-order valence-electron chi connectivity index (χ0n) is 11.1. The van der Waals surface area contributed by atoms with E-state index in [1.165, 1.54) is 6.07 Å². The molecule has 1 aromatic rings. The molecule has 0 saturated carbocycles. The molecule has 2 heterocycles. The van der Waals surface area contributed by atoms with E-state index < -0.39 is 5.97 Å². The van der Waals surface area contributed by atoms with E-state index in [1.807, 2.05) is 11.8 Å². The smallest absolute Gasteiger partial charge is 0.335 e. The van der Waals surface area contributed by atoms with Gasteiger partial charge in [-0.1, -0.05) is 0 Å². The fraction of sp³-hybridized carbons (Fsp3) is 0.308. The summed E-state index contributed by atoms with van der Waals surface area (Å²) in [5, 5.41) is 9.83. The number of thiocarbonyl (C=S) groups is 2. The third-order valence-corrected chi connectivity index (χ3v) is 4.36. The van der Waals surface area contributed by atoms with Gasteiger partial charge in [-0.3, -0.25) is 4.90 Å². The number of ether oxygens (including phenoxy) is 1. The lowest BCUT2D eigenvalue weighted by molar-refractivity contribution is 0.0696. The average Bonchev–Trinajstić information content (AvgIpc) is 2.77. The molecule has 1 fully saturated rings. The molecule has 3 rings (SSSR count). The molecule has 110 valence electrons. The van der Waals surface area contributed by atoms with Gasteiger partial charge < -0.3 is 20.5 Å². The van der Waals surface area contributed by atoms with Gasteiger partial charge >= 0.3 is 5.97 Å². The molecule has 0 spiro atoms. The van der Waals surface area contributed by atoms with Crippen molar-refractivity contribution in [2.24, 2.45) is 5.73 Å². The number of rotatable bonds is 1. The molecule has 1 saturated heterocycles. The molecule has 0 amide bonds. The van der Waals surface area contributed by atoms with Crippen molar-refractivity contribution in [2.75, 3.05) is 11.4 Å². The number of carboxylic acids is 1. The summed E-state index contributed by atoms with van der Waals surface area (Å²) < 4.78 is 5.85. The van der Waals surface area contributed by atoms with Crippen LogP contribution in [0.2, 0.25) is 0 Å². The van der Waals surface area contributed by atoms with Gasteiger partial charge in [-0.25, -0.2) is 4.79 Å². The molecule has 0 aliphatic carbocycles. The maximum Gasteiger partial charge on any atom is 0.335 e. The number of hydrogen-bond acceptors (Lipinski definition) is 4. The number of nitrogens with two attached hydrogens (primary N) is 1. The quantitative estimate of drug-likeness (QED) is 0.746. The van der Waals surface area contributed by atoms with Crippen molar-refractivity contribution in [1.82, 2.24) is 4.90 Å². The van der Waals surface area contributed by atoms with Crippen LogP contribution < -0.4 is 15.4 Å². The summed E-state index contributed by atoms with van der Waals surface area (Å²) in [5.74, 6) is -0.389. The SMILES string of the molecule is CC1Oc2ccc(C(=O)O)cc2N2C(=S)N(C(N)=S)CC12. The Morgan fingerprint density at radius 3 is 2.86 bits per heavy atom. The molecule has 3 N–H and O–H groups in total. The fourth-order valence-electron chi connectivity index (χ4n) is 2.66. The van der Waals surface area contributed by atoms with E-state index in [0.717, 1.165) is 0 Å². The monoisotopic (exact) mass is 323 g/mol. The lowest BCUT2D eigenvalue weighted by atomic mass is 10.1. The topological polar surface area (TPSA) is 79.0 Å². The predicted molar refractivity (Wildman–Crippen MR) is 85.8 cm³/mol. The summed E-state index contributed by atoms with van der Waals surface area (Å²) in [4.78, 5) is 14.7. The van der Waals surface area contributed by atoms with E-state index in [1.54, 1.807) is 17.0 Å². The van der Waals surface area contributed by atoms with Crippen molar-refractivity contribution >= 4 is 46.3 Å². The third kappa shape index (κ3) is 2.11. The normalized spacial score (nSPS) is 23.4. The van der Waals surface area contributed by atoms with E-state index in [0.29, 0.717) is 23.1 Å². The van der Waals surface area contributed by atoms with Gasteiger partial charge in [0.25, 0.3) is 0 Å². The van der Waals surface area contributed by atoms with E-state index in [9.17, 15) is 4.79 Å². The number of carbonyl (C=O) groups is 1. The van der Waals surface area contributed by atoms with Gasteiger partial charge in [-0.05, 0) is 49.6 Å². The van der Waals surface area contributed by atoms with Gasteiger partial charge in [0.15, 0.2) is 10.2 Å². The van der Waals surface area contributed by atoms with Gasteiger partial charge in [0.1, 0.15) is 11.9 Å². The summed E-state index contributed by atoms with van der Waals surface area (Å²) in [7, 11) is 0. The number of benzene rings is 1. The standard InChI is InChI=1S/C13H13N3O3S2/c1-6-9-5-15(12(14)20)13(21)16(9)8-4-7(11(17)18)2-3-10(8)19-6/h2-4,6,9H,5H2,1H3,(H2,14,20)(H,17,18). The van der Waals surface area contributed by atoms with Crippen molar-refractivity contribution < 1.29 is 14.6 Å². The minimum Gasteiger partial charge on any atom is -0.486 e. The minimum absolute atomic E-state index is 0.0458. The van der Waals surface area contributed by atoms with Crippen LogP contribution in [-0.4, -0.2) is 44.9 Å². The first-order valence-corrected chi connectivity index (χ1v) is 7.16. The van der Waals surface area contributed by atoms with Crippen LogP contribution in [0.15, 0.2) is 18.2 Å². The van der Waals surface area contributed by atoms with Crippen molar-refractivity contribution in [1.29, 1.82) is 0 Å². The molecule has 2 aliphatic heterocycles. The number of aromatic carboxylic acids is 1. The Kier molecular flexibility index (Phi) is 3.22. The summed E-state index contributed by atoms with van der Waals surface area (Å²) in [6.45, 7) is 2.48. The molecule has 8 heteroatoms. The molecule has 2 atom stereocenters. The van der Waals surface area contributed by atoms with Crippen LogP contribution in [0.3, 0.4) is 0 Å². The highest BCUT2D eigenvalue weighted by atomic mass is 32.1. The Bertz CT molecular complexity index is 664. The Morgan fingerprint density at radius 1 is 1.52 bits per heavy atom. The van der Waals surface area contributed by atoms with Crippen LogP contribution in [0.25, 0.3) is 0 Å². The van der Waals surface area contributed by atoms with Gasteiger partial charge in [0.05, 0.1) is 23.8 Å². The first-order valence-electron chi connectivity index (χ1n) is 6.34. The summed E-state index contributed by atoms with van der Waals surface area (Å²) in [6, 6.07) is 4.68. The maximum absolute atomic E-state index is 11.2. The van der Waals surface area contributed by atoms with Crippen LogP contribution >= 0.6 is 24.4 Å². The molecular formula is C13H13N3O3S2. The Morgan fingerprint density at radius 2 is 2.24 bits per heavy atom. The zero-order valence-corrected chi connectivity index (χ0v) is 12.8. The lowest BCUT2D eigenvalue weighted by Gasteiger charge is -2.36. The summed E-state index contributed by atoms with van der Waals surface area (Å²) in [6.07, 6.45) is -0.106. The Hall–Kier alpha value is -1.93. The molecular weight excluding hydrogens is 310 g/mol. The van der Waals surface area contributed by atoms with Gasteiger partial charge in [0, 0.05) is 0 Å². The second kappa shape index (κ2) is 4.81. The van der Waals surface area contributed by atoms with Crippen molar-refractivity contribution in [2.45, 2.75) is 19.1 Å². The lowest BCUT2D eigenvalue weighted by Crippen LogP contribution is -2.47. The van der Waals surface area contributed by atoms with E-state index in [2.05, 4.69) is 0 Å². The molecule has 0 bridgehead atoms. The van der Waals surface area contributed by atoms with Crippen molar-refractivity contribution in [3.05, 3.63) is 23.8 Å². The molecule has 6 nitrogen and oxygen atoms in total. The zero-order chi connectivity index (χ0) is 15.3. The van der Waals surface area contributed by atoms with Gasteiger partial charge in [-0.2, -0.15) is 0 Å². The van der Waals surface area contributed by atoms with Crippen molar-refractivity contribution in [3.8, 4) is 5.75 Å². The van der Waals surface area contributed by atoms with Gasteiger partial charge in [0.2, 0.25) is 0 Å². The molecule has 0 radical (unpaired) electrons. The number of nitrogens with zero attached hydrogens (tertiary/aromatic N) is 2. The number of hydrogen-bond donors (Lipinski definition) is 2. The van der Waals surface area contributed by atoms with Crippen LogP contribution in [0.1, 0.15) is 17.3 Å². The second-order valence-corrected chi connectivity index (χ2v) is 5.76. The third-order valence-electron chi connectivity index (χ3n) is 3.72. The number of carboxylic acid groups (broad SMARTS) is 1. The summed E-state index contributed by atoms with van der Waals surface area (Å²) >= 11 is 10.4. The van der Waals surface area contributed by atoms with Crippen LogP contribution in [0.4, 0.5) is 5.69 Å². The van der Waals surface area contributed by atoms with Crippen LogP contribution in [-0.2, 0) is 0 Å².